The molecule has 19 heavy (non-hydrogen) atoms. The Morgan fingerprint density at radius 3 is 2.63 bits per heavy atom. The predicted molar refractivity (Wildman–Crippen MR) is 74.6 cm³/mol. The van der Waals surface area contributed by atoms with Gasteiger partial charge in [0.2, 0.25) is 5.91 Å². The first-order valence-corrected chi connectivity index (χ1v) is 7.01. The molecule has 1 aliphatic heterocycles. The lowest BCUT2D eigenvalue weighted by atomic mass is 10.0. The molecule has 2 rings (SSSR count). The second kappa shape index (κ2) is 6.21. The molecular formula is C12H17BrN4O2. The summed E-state index contributed by atoms with van der Waals surface area (Å²) < 4.78 is 0.806. The van der Waals surface area contributed by atoms with E-state index < -0.39 is 5.91 Å². The van der Waals surface area contributed by atoms with Gasteiger partial charge in [-0.25, -0.2) is 0 Å². The van der Waals surface area contributed by atoms with E-state index in [1.54, 1.807) is 17.2 Å². The van der Waals surface area contributed by atoms with Crippen molar-refractivity contribution < 1.29 is 9.59 Å². The van der Waals surface area contributed by atoms with Crippen molar-refractivity contribution in [1.29, 1.82) is 0 Å². The summed E-state index contributed by atoms with van der Waals surface area (Å²) >= 11 is 3.29. The highest BCUT2D eigenvalue weighted by Crippen LogP contribution is 2.17. The summed E-state index contributed by atoms with van der Waals surface area (Å²) in [5.41, 5.74) is 5.72. The van der Waals surface area contributed by atoms with Crippen molar-refractivity contribution in [3.05, 3.63) is 22.4 Å². The number of nitrogens with one attached hydrogen (secondary N) is 2. The van der Waals surface area contributed by atoms with Crippen LogP contribution in [0.5, 0.6) is 0 Å². The highest BCUT2D eigenvalue weighted by atomic mass is 79.9. The summed E-state index contributed by atoms with van der Waals surface area (Å²) in [6.45, 7) is 1.66. The zero-order chi connectivity index (χ0) is 13.8. The van der Waals surface area contributed by atoms with Gasteiger partial charge in [0.15, 0.2) is 0 Å². The molecule has 104 valence electrons. The second-order valence-corrected chi connectivity index (χ2v) is 5.53. The van der Waals surface area contributed by atoms with Gasteiger partial charge in [0.25, 0.3) is 5.91 Å². The van der Waals surface area contributed by atoms with Crippen LogP contribution >= 0.6 is 15.9 Å². The first kappa shape index (κ1) is 14.1. The molecule has 0 aromatic carbocycles. The zero-order valence-electron chi connectivity index (χ0n) is 10.5. The van der Waals surface area contributed by atoms with Crippen LogP contribution in [0.15, 0.2) is 16.7 Å². The molecule has 0 unspecified atom stereocenters. The Morgan fingerprint density at radius 1 is 1.42 bits per heavy atom. The van der Waals surface area contributed by atoms with Gasteiger partial charge in [-0.2, -0.15) is 0 Å². The maximum atomic E-state index is 12.4. The van der Waals surface area contributed by atoms with Crippen LogP contribution in [0, 0.1) is 0 Å². The first-order valence-electron chi connectivity index (χ1n) is 6.22. The topological polar surface area (TPSA) is 91.2 Å². The van der Waals surface area contributed by atoms with E-state index in [0.717, 1.165) is 30.4 Å². The maximum absolute atomic E-state index is 12.4. The third-order valence-electron chi connectivity index (χ3n) is 3.21. The molecule has 1 aromatic rings. The Bertz CT molecular complexity index is 468. The summed E-state index contributed by atoms with van der Waals surface area (Å²) in [4.78, 5) is 28.1. The van der Waals surface area contributed by atoms with Crippen molar-refractivity contribution in [3.63, 3.8) is 0 Å². The number of halogens is 1. The lowest BCUT2D eigenvalue weighted by Gasteiger charge is -2.33. The SMILES string of the molecule is NC(=O)CN(C(=O)c1cc(Br)c[nH]1)C1CCNCC1. The Labute approximate surface area is 119 Å². The lowest BCUT2D eigenvalue weighted by molar-refractivity contribution is -0.119. The fourth-order valence-corrected chi connectivity index (χ4v) is 2.64. The summed E-state index contributed by atoms with van der Waals surface area (Å²) in [5.74, 6) is -0.672. The average molecular weight is 329 g/mol. The van der Waals surface area contributed by atoms with Gasteiger partial charge in [-0.05, 0) is 47.9 Å². The highest BCUT2D eigenvalue weighted by molar-refractivity contribution is 9.10. The van der Waals surface area contributed by atoms with Gasteiger partial charge < -0.3 is 20.9 Å². The Balaban J connectivity index is 2.16. The summed E-state index contributed by atoms with van der Waals surface area (Å²) in [5, 5.41) is 3.24. The monoisotopic (exact) mass is 328 g/mol. The molecule has 1 aromatic heterocycles. The van der Waals surface area contributed by atoms with Crippen LogP contribution in [-0.2, 0) is 4.79 Å². The molecule has 1 aliphatic rings. The number of rotatable bonds is 4. The smallest absolute Gasteiger partial charge is 0.271 e. The van der Waals surface area contributed by atoms with E-state index >= 15 is 0 Å². The van der Waals surface area contributed by atoms with E-state index in [4.69, 9.17) is 5.73 Å². The van der Waals surface area contributed by atoms with Crippen molar-refractivity contribution in [2.75, 3.05) is 19.6 Å². The number of H-pyrrole nitrogens is 1. The molecule has 1 saturated heterocycles. The number of hydrogen-bond donors (Lipinski definition) is 3. The quantitative estimate of drug-likeness (QED) is 0.749. The molecule has 0 bridgehead atoms. The van der Waals surface area contributed by atoms with Crippen LogP contribution in [0.3, 0.4) is 0 Å². The molecule has 0 saturated carbocycles. The minimum Gasteiger partial charge on any atom is -0.368 e. The predicted octanol–water partition coefficient (Wildman–Crippen LogP) is 0.457. The van der Waals surface area contributed by atoms with Gasteiger partial charge >= 0.3 is 0 Å². The molecule has 0 radical (unpaired) electrons. The van der Waals surface area contributed by atoms with E-state index in [-0.39, 0.29) is 18.5 Å². The van der Waals surface area contributed by atoms with E-state index in [1.807, 2.05) is 0 Å². The Morgan fingerprint density at radius 2 is 2.11 bits per heavy atom. The number of aromatic amines is 1. The average Bonchev–Trinajstić information content (AvgIpc) is 2.83. The third-order valence-corrected chi connectivity index (χ3v) is 3.67. The Hall–Kier alpha value is -1.34. The standard InChI is InChI=1S/C12H17BrN4O2/c13-8-5-10(16-6-8)12(19)17(7-11(14)18)9-1-3-15-4-2-9/h5-6,9,15-16H,1-4,7H2,(H2,14,18). The number of carbonyl (C=O) groups excluding carboxylic acids is 2. The molecule has 0 atom stereocenters. The zero-order valence-corrected chi connectivity index (χ0v) is 12.1. The van der Waals surface area contributed by atoms with Gasteiger partial charge in [0, 0.05) is 16.7 Å². The first-order chi connectivity index (χ1) is 9.08. The van der Waals surface area contributed by atoms with Crippen molar-refractivity contribution in [2.45, 2.75) is 18.9 Å². The fourth-order valence-electron chi connectivity index (χ4n) is 2.30. The van der Waals surface area contributed by atoms with Crippen LogP contribution in [0.2, 0.25) is 0 Å². The van der Waals surface area contributed by atoms with Crippen molar-refractivity contribution in [1.82, 2.24) is 15.2 Å². The minimum atomic E-state index is -0.488. The van der Waals surface area contributed by atoms with Crippen molar-refractivity contribution in [3.8, 4) is 0 Å². The maximum Gasteiger partial charge on any atom is 0.271 e. The van der Waals surface area contributed by atoms with Gasteiger partial charge in [0.05, 0.1) is 6.54 Å². The van der Waals surface area contributed by atoms with Gasteiger partial charge in [-0.1, -0.05) is 0 Å². The molecule has 4 N–H and O–H groups in total. The highest BCUT2D eigenvalue weighted by Gasteiger charge is 2.28. The van der Waals surface area contributed by atoms with E-state index in [2.05, 4.69) is 26.2 Å². The molecule has 7 heteroatoms. The number of aromatic nitrogens is 1. The van der Waals surface area contributed by atoms with Crippen LogP contribution in [-0.4, -0.2) is 47.4 Å². The molecule has 6 nitrogen and oxygen atoms in total. The number of nitrogens with two attached hydrogens (primary N) is 1. The van der Waals surface area contributed by atoms with Crippen LogP contribution in [0.4, 0.5) is 0 Å². The number of amides is 2. The molecule has 0 aliphatic carbocycles. The van der Waals surface area contributed by atoms with E-state index in [1.165, 1.54) is 0 Å². The number of primary amides is 1. The third kappa shape index (κ3) is 3.57. The van der Waals surface area contributed by atoms with Crippen molar-refractivity contribution >= 4 is 27.7 Å². The summed E-state index contributed by atoms with van der Waals surface area (Å²) in [6.07, 6.45) is 3.36. The number of piperidine rings is 1. The minimum absolute atomic E-state index is 0.0415. The fraction of sp³-hybridized carbons (Fsp3) is 0.500. The normalized spacial score (nSPS) is 16.3. The molecule has 2 heterocycles. The van der Waals surface area contributed by atoms with Gasteiger partial charge in [0.1, 0.15) is 5.69 Å². The molecule has 2 amide bonds. The lowest BCUT2D eigenvalue weighted by Crippen LogP contribution is -2.49. The van der Waals surface area contributed by atoms with Gasteiger partial charge in [-0.15, -0.1) is 0 Å². The molecule has 0 spiro atoms. The number of carbonyl (C=O) groups is 2. The number of hydrogen-bond acceptors (Lipinski definition) is 3. The van der Waals surface area contributed by atoms with Crippen LogP contribution < -0.4 is 11.1 Å². The largest absolute Gasteiger partial charge is 0.368 e. The molecule has 1 fully saturated rings. The van der Waals surface area contributed by atoms with Crippen LogP contribution in [0.25, 0.3) is 0 Å². The summed E-state index contributed by atoms with van der Waals surface area (Å²) in [6, 6.07) is 1.76. The molecular weight excluding hydrogens is 312 g/mol. The summed E-state index contributed by atoms with van der Waals surface area (Å²) in [7, 11) is 0. The van der Waals surface area contributed by atoms with Crippen LogP contribution in [0.1, 0.15) is 23.3 Å². The Kier molecular flexibility index (Phi) is 4.60. The van der Waals surface area contributed by atoms with Gasteiger partial charge in [-0.3, -0.25) is 9.59 Å². The van der Waals surface area contributed by atoms with Crippen molar-refractivity contribution in [2.24, 2.45) is 5.73 Å². The van der Waals surface area contributed by atoms with E-state index in [9.17, 15) is 9.59 Å². The van der Waals surface area contributed by atoms with E-state index in [0.29, 0.717) is 5.69 Å². The second-order valence-electron chi connectivity index (χ2n) is 4.61. The number of nitrogens with zero attached hydrogens (tertiary/aromatic N) is 1.